The molecule has 0 fully saturated rings. The first-order valence-electron chi connectivity index (χ1n) is 10.2. The van der Waals surface area contributed by atoms with Gasteiger partial charge in [0.25, 0.3) is 0 Å². The lowest BCUT2D eigenvalue weighted by atomic mass is 10.4. The average Bonchev–Trinajstić information content (AvgIpc) is 3.28. The van der Waals surface area contributed by atoms with Crippen LogP contribution in [0.1, 0.15) is 0 Å². The van der Waals surface area contributed by atoms with Gasteiger partial charge in [0.1, 0.15) is 0 Å². The highest BCUT2D eigenvalue weighted by Crippen LogP contribution is 2.16. The molecule has 13 heteroatoms. The molecule has 0 saturated heterocycles. The van der Waals surface area contributed by atoms with Crippen LogP contribution in [0.15, 0.2) is 79.9 Å². The Morgan fingerprint density at radius 1 is 0.861 bits per heavy atom. The van der Waals surface area contributed by atoms with Gasteiger partial charge < -0.3 is 31.3 Å². The number of halogens is 1. The van der Waals surface area contributed by atoms with Crippen molar-refractivity contribution in [3.05, 3.63) is 92.9 Å². The number of rotatable bonds is 2. The van der Waals surface area contributed by atoms with Crippen molar-refractivity contribution in [3.63, 3.8) is 0 Å². The van der Waals surface area contributed by atoms with Crippen LogP contribution in [0.3, 0.4) is 0 Å². The summed E-state index contributed by atoms with van der Waals surface area (Å²) in [6, 6.07) is 9.41. The smallest absolute Gasteiger partial charge is 0.159 e. The normalized spacial score (nSPS) is 9.06. The first-order chi connectivity index (χ1) is 16.9. The van der Waals surface area contributed by atoms with E-state index in [4.69, 9.17) is 42.4 Å². The number of pyridine rings is 4. The van der Waals surface area contributed by atoms with Crippen LogP contribution in [-0.4, -0.2) is 39.0 Å². The topological polar surface area (TPSA) is 123 Å². The van der Waals surface area contributed by atoms with Gasteiger partial charge in [-0.2, -0.15) is 0 Å². The van der Waals surface area contributed by atoms with Gasteiger partial charge in [0, 0.05) is 57.5 Å². The summed E-state index contributed by atoms with van der Waals surface area (Å²) in [7, 11) is 3.72. The predicted molar refractivity (Wildman–Crippen MR) is 163 cm³/mol. The van der Waals surface area contributed by atoms with E-state index in [1.54, 1.807) is 54.6 Å². The van der Waals surface area contributed by atoms with E-state index in [0.717, 1.165) is 25.4 Å². The molecule has 0 aromatic carbocycles. The van der Waals surface area contributed by atoms with Gasteiger partial charge in [-0.05, 0) is 42.5 Å². The zero-order valence-corrected chi connectivity index (χ0v) is 23.6. The third-order valence-electron chi connectivity index (χ3n) is 4.12. The molecule has 5 rings (SSSR count). The van der Waals surface area contributed by atoms with Gasteiger partial charge in [0.2, 0.25) is 0 Å². The maximum atomic E-state index is 5.38. The zero-order valence-electron chi connectivity index (χ0n) is 19.5. The lowest BCUT2D eigenvalue weighted by Crippen LogP contribution is -1.88. The number of nitrogens with two attached hydrogens (primary N) is 1. The number of H-pyrrole nitrogens is 3. The number of nitrogens with zero attached hydrogens (tertiary/aromatic N) is 2. The fraction of sp³-hybridized carbons (Fsp3) is 0.0870. The van der Waals surface area contributed by atoms with Crippen LogP contribution in [0, 0.1) is 13.0 Å². The number of hydrogen-bond donors (Lipinski definition) is 6. The van der Waals surface area contributed by atoms with Crippen LogP contribution in [0.25, 0.3) is 10.2 Å². The molecule has 8 nitrogen and oxygen atoms in total. The van der Waals surface area contributed by atoms with Gasteiger partial charge in [-0.25, -0.2) is 0 Å². The molecule has 0 amide bonds. The Kier molecular flexibility index (Phi) is 14.8. The SMILES string of the molecule is CNc1c[nH]ccc1=S.CNc1cccnc1.Cl.Nc1c[nH]ccc1=S.S=c1[nH]c2cnccc2s1. The van der Waals surface area contributed by atoms with Crippen molar-refractivity contribution in [2.75, 3.05) is 30.5 Å². The third-order valence-corrected chi connectivity index (χ3v) is 6.06. The second-order valence-corrected chi connectivity index (χ2v) is 9.11. The largest absolute Gasteiger partial charge is 0.396 e. The summed E-state index contributed by atoms with van der Waals surface area (Å²) in [5.41, 5.74) is 9.05. The Bertz CT molecular complexity index is 1430. The molecule has 5 heterocycles. The number of anilines is 3. The molecule has 0 aliphatic heterocycles. The number of nitrogen functional groups attached to an aromatic ring is 1. The number of aromatic amines is 3. The Morgan fingerprint density at radius 2 is 1.56 bits per heavy atom. The number of hydrogen-bond acceptors (Lipinski definition) is 9. The molecule has 36 heavy (non-hydrogen) atoms. The summed E-state index contributed by atoms with van der Waals surface area (Å²) >= 11 is 16.3. The van der Waals surface area contributed by atoms with E-state index in [0.29, 0.717) is 10.2 Å². The molecule has 5 aromatic rings. The van der Waals surface area contributed by atoms with Crippen molar-refractivity contribution in [2.24, 2.45) is 0 Å². The lowest BCUT2D eigenvalue weighted by Gasteiger charge is -1.95. The highest BCUT2D eigenvalue weighted by molar-refractivity contribution is 7.73. The minimum atomic E-state index is 0. The lowest BCUT2D eigenvalue weighted by molar-refractivity contribution is 1.30. The van der Waals surface area contributed by atoms with Crippen molar-refractivity contribution >= 4 is 87.7 Å². The van der Waals surface area contributed by atoms with Crippen LogP contribution in [-0.2, 0) is 0 Å². The Hall–Kier alpha value is -3.16. The number of aromatic nitrogens is 5. The summed E-state index contributed by atoms with van der Waals surface area (Å²) < 4.78 is 3.52. The standard InChI is InChI=1S/C6H4N2S2.C6H8N2S.C6H8N2.C5H6N2S.ClH/c9-6-8-4-3-7-2-1-5(4)10-6;1-7-5-4-8-3-2-6(5)9;1-7-6-3-2-4-8-5-6;6-4-3-7-2-1-5(4)8;/h1-3H,(H,8,9);2-4,7H,1H3,(H,8,9);2-5,7H,1H3;1-3H,6H2,(H,7,8);1H. The fourth-order valence-electron chi connectivity index (χ4n) is 2.35. The van der Waals surface area contributed by atoms with E-state index in [1.165, 1.54) is 4.70 Å². The van der Waals surface area contributed by atoms with E-state index in [2.05, 4.69) is 35.6 Å². The van der Waals surface area contributed by atoms with Gasteiger partial charge in [0.15, 0.2) is 3.95 Å². The molecule has 0 spiro atoms. The van der Waals surface area contributed by atoms with Crippen molar-refractivity contribution in [3.8, 4) is 0 Å². The van der Waals surface area contributed by atoms with Crippen LogP contribution in [0.5, 0.6) is 0 Å². The molecule has 0 aliphatic rings. The number of thiazole rings is 1. The number of fused-ring (bicyclic) bond motifs is 1. The van der Waals surface area contributed by atoms with Crippen LogP contribution >= 0.6 is 60.4 Å². The van der Waals surface area contributed by atoms with E-state index >= 15 is 0 Å². The summed E-state index contributed by atoms with van der Waals surface area (Å²) in [5, 5.41) is 5.92. The molecule has 0 bridgehead atoms. The van der Waals surface area contributed by atoms with Gasteiger partial charge in [0.05, 0.1) is 42.5 Å². The minimum absolute atomic E-state index is 0. The number of nitrogens with one attached hydrogen (secondary N) is 5. The van der Waals surface area contributed by atoms with Crippen molar-refractivity contribution in [1.82, 2.24) is 24.9 Å². The first-order valence-corrected chi connectivity index (χ1v) is 12.3. The molecule has 190 valence electrons. The van der Waals surface area contributed by atoms with Crippen molar-refractivity contribution in [2.45, 2.75) is 0 Å². The Balaban J connectivity index is 0.000000239. The third kappa shape index (κ3) is 11.1. The molecule has 0 atom stereocenters. The van der Waals surface area contributed by atoms with Crippen LogP contribution < -0.4 is 16.4 Å². The summed E-state index contributed by atoms with van der Waals surface area (Å²) in [6.07, 6.45) is 14.1. The van der Waals surface area contributed by atoms with E-state index in [1.807, 2.05) is 50.8 Å². The quantitative estimate of drug-likeness (QED) is 0.124. The van der Waals surface area contributed by atoms with Crippen LogP contribution in [0.2, 0.25) is 0 Å². The van der Waals surface area contributed by atoms with E-state index in [9.17, 15) is 0 Å². The van der Waals surface area contributed by atoms with Crippen molar-refractivity contribution < 1.29 is 0 Å². The minimum Gasteiger partial charge on any atom is -0.396 e. The van der Waals surface area contributed by atoms with Gasteiger partial charge in [-0.1, -0.05) is 24.4 Å². The molecule has 0 aliphatic carbocycles. The Labute approximate surface area is 234 Å². The maximum absolute atomic E-state index is 5.38. The highest BCUT2D eigenvalue weighted by Gasteiger charge is 1.92. The van der Waals surface area contributed by atoms with Crippen molar-refractivity contribution in [1.29, 1.82) is 0 Å². The summed E-state index contributed by atoms with van der Waals surface area (Å²) in [4.78, 5) is 16.6. The molecular weight excluding hydrogens is 552 g/mol. The molecule has 7 N–H and O–H groups in total. The van der Waals surface area contributed by atoms with E-state index < -0.39 is 0 Å². The summed E-state index contributed by atoms with van der Waals surface area (Å²) in [6.45, 7) is 0. The molecule has 0 saturated carbocycles. The molecule has 5 aromatic heterocycles. The second kappa shape index (κ2) is 17.3. The fourth-order valence-corrected chi connectivity index (χ4v) is 3.79. The summed E-state index contributed by atoms with van der Waals surface area (Å²) in [5.74, 6) is 0. The predicted octanol–water partition coefficient (Wildman–Crippen LogP) is 7.01. The molecular formula is C23H27ClN8S4. The second-order valence-electron chi connectivity index (χ2n) is 6.51. The molecule has 0 radical (unpaired) electrons. The monoisotopic (exact) mass is 578 g/mol. The Morgan fingerprint density at radius 3 is 2.03 bits per heavy atom. The molecule has 0 unspecified atom stereocenters. The van der Waals surface area contributed by atoms with Gasteiger partial charge in [-0.15, -0.1) is 23.7 Å². The van der Waals surface area contributed by atoms with E-state index in [-0.39, 0.29) is 12.4 Å². The highest BCUT2D eigenvalue weighted by atomic mass is 35.5. The zero-order chi connectivity index (χ0) is 25.5. The maximum Gasteiger partial charge on any atom is 0.159 e. The average molecular weight is 579 g/mol. The van der Waals surface area contributed by atoms with Gasteiger partial charge in [-0.3, -0.25) is 9.97 Å². The van der Waals surface area contributed by atoms with Gasteiger partial charge >= 0.3 is 0 Å². The first kappa shape index (κ1) is 30.9. The van der Waals surface area contributed by atoms with Crippen LogP contribution in [0.4, 0.5) is 17.1 Å².